The molecule has 2 atom stereocenters. The summed E-state index contributed by atoms with van der Waals surface area (Å²) < 4.78 is 165. The molecule has 156 valence electrons. The summed E-state index contributed by atoms with van der Waals surface area (Å²) in [5, 5.41) is 0. The largest absolute Gasteiger partial charge is 0.460 e. The van der Waals surface area contributed by atoms with Gasteiger partial charge in [0.15, 0.2) is 0 Å². The maximum absolute atomic E-state index is 13.9. The molecule has 1 aliphatic rings. The van der Waals surface area contributed by atoms with Crippen LogP contribution in [0.2, 0.25) is 0 Å². The van der Waals surface area contributed by atoms with Crippen LogP contribution in [0.3, 0.4) is 0 Å². The van der Waals surface area contributed by atoms with E-state index in [-0.39, 0.29) is 13.2 Å². The third kappa shape index (κ3) is 3.71. The zero-order valence-corrected chi connectivity index (χ0v) is 12.8. The molecule has 1 saturated heterocycles. The van der Waals surface area contributed by atoms with Crippen molar-refractivity contribution in [2.45, 2.75) is 55.0 Å². The molecule has 1 heterocycles. The van der Waals surface area contributed by atoms with Crippen LogP contribution in [0.25, 0.3) is 0 Å². The smallest absolute Gasteiger partial charge is 0.378 e. The standard InChI is InChI=1S/C12H12F12O2/c1-7(13,8(14,15)2-3-25-4-6-5-26-6)9(16,17)10(18,19)11(20,21)12(22,23)24/h6H,2-5H2,1H3/t6-,7-/m0/s1. The average Bonchev–Trinajstić information content (AvgIpc) is 3.25. The summed E-state index contributed by atoms with van der Waals surface area (Å²) in [4.78, 5) is 0. The number of ether oxygens (including phenoxy) is 2. The highest BCUT2D eigenvalue weighted by atomic mass is 19.4. The monoisotopic (exact) mass is 416 g/mol. The van der Waals surface area contributed by atoms with E-state index in [1.54, 1.807) is 0 Å². The first-order valence-electron chi connectivity index (χ1n) is 6.79. The summed E-state index contributed by atoms with van der Waals surface area (Å²) in [7, 11) is 0. The minimum Gasteiger partial charge on any atom is -0.378 e. The molecule has 0 bridgehead atoms. The molecule has 0 aromatic rings. The van der Waals surface area contributed by atoms with Crippen molar-refractivity contribution in [1.29, 1.82) is 0 Å². The number of rotatable bonds is 9. The first-order chi connectivity index (χ1) is 11.3. The number of epoxide rings is 1. The zero-order chi connectivity index (χ0) is 20.8. The first kappa shape index (κ1) is 23.1. The third-order valence-corrected chi connectivity index (χ3v) is 3.69. The molecule has 0 amide bonds. The maximum atomic E-state index is 13.9. The summed E-state index contributed by atoms with van der Waals surface area (Å²) in [6.07, 6.45) is -9.69. The van der Waals surface area contributed by atoms with Crippen molar-refractivity contribution >= 4 is 0 Å². The van der Waals surface area contributed by atoms with Crippen molar-refractivity contribution in [3.05, 3.63) is 0 Å². The second-order valence-electron chi connectivity index (χ2n) is 5.71. The maximum Gasteiger partial charge on any atom is 0.460 e. The van der Waals surface area contributed by atoms with Crippen LogP contribution in [-0.2, 0) is 9.47 Å². The third-order valence-electron chi connectivity index (χ3n) is 3.69. The van der Waals surface area contributed by atoms with Gasteiger partial charge >= 0.3 is 23.9 Å². The van der Waals surface area contributed by atoms with Crippen molar-refractivity contribution in [2.75, 3.05) is 19.8 Å². The van der Waals surface area contributed by atoms with Crippen LogP contribution in [0.1, 0.15) is 13.3 Å². The molecule has 26 heavy (non-hydrogen) atoms. The van der Waals surface area contributed by atoms with Gasteiger partial charge in [-0.3, -0.25) is 0 Å². The van der Waals surface area contributed by atoms with E-state index < -0.39 is 61.6 Å². The van der Waals surface area contributed by atoms with E-state index in [9.17, 15) is 52.7 Å². The van der Waals surface area contributed by atoms with E-state index in [1.807, 2.05) is 0 Å². The Morgan fingerprint density at radius 2 is 1.27 bits per heavy atom. The molecule has 0 unspecified atom stereocenters. The van der Waals surface area contributed by atoms with Gasteiger partial charge in [-0.25, -0.2) is 13.2 Å². The average molecular weight is 416 g/mol. The first-order valence-corrected chi connectivity index (χ1v) is 6.79. The zero-order valence-electron chi connectivity index (χ0n) is 12.8. The Labute approximate surface area is 138 Å². The summed E-state index contributed by atoms with van der Waals surface area (Å²) in [5.41, 5.74) is -5.75. The van der Waals surface area contributed by atoms with E-state index in [0.717, 1.165) is 0 Å². The summed E-state index contributed by atoms with van der Waals surface area (Å²) in [6.45, 7) is -2.15. The van der Waals surface area contributed by atoms with E-state index >= 15 is 0 Å². The molecule has 1 rings (SSSR count). The lowest BCUT2D eigenvalue weighted by Gasteiger charge is -2.42. The van der Waals surface area contributed by atoms with Gasteiger partial charge in [0, 0.05) is 6.42 Å². The van der Waals surface area contributed by atoms with Gasteiger partial charge in [0.25, 0.3) is 5.92 Å². The molecule has 14 heteroatoms. The van der Waals surface area contributed by atoms with E-state index in [0.29, 0.717) is 0 Å². The highest BCUT2D eigenvalue weighted by Crippen LogP contribution is 2.59. The Morgan fingerprint density at radius 3 is 1.65 bits per heavy atom. The van der Waals surface area contributed by atoms with Gasteiger partial charge in [0.05, 0.1) is 19.8 Å². The fourth-order valence-electron chi connectivity index (χ4n) is 1.71. The molecule has 0 N–H and O–H groups in total. The van der Waals surface area contributed by atoms with Crippen LogP contribution in [0, 0.1) is 0 Å². The molecule has 2 nitrogen and oxygen atoms in total. The highest BCUT2D eigenvalue weighted by molar-refractivity contribution is 5.12. The molecule has 0 aromatic heterocycles. The Balaban J connectivity index is 3.04. The van der Waals surface area contributed by atoms with Crippen LogP contribution in [-0.4, -0.2) is 61.5 Å². The topological polar surface area (TPSA) is 21.8 Å². The van der Waals surface area contributed by atoms with Crippen LogP contribution in [0.4, 0.5) is 52.7 Å². The lowest BCUT2D eigenvalue weighted by Crippen LogP contribution is -2.70. The predicted octanol–water partition coefficient (Wildman–Crippen LogP) is 4.62. The quantitative estimate of drug-likeness (QED) is 0.311. The minimum atomic E-state index is -7.49. The molecule has 1 aliphatic heterocycles. The molecular weight excluding hydrogens is 404 g/mol. The fraction of sp³-hybridized carbons (Fsp3) is 1.00. The Bertz CT molecular complexity index is 495. The van der Waals surface area contributed by atoms with Gasteiger partial charge in [-0.2, -0.15) is 39.5 Å². The SMILES string of the molecule is C[C@](F)(C(F)(F)CCOC[C@H]1CO1)C(F)(F)C(F)(F)C(F)(F)C(F)(F)F. The van der Waals surface area contributed by atoms with Gasteiger partial charge in [-0.1, -0.05) is 0 Å². The van der Waals surface area contributed by atoms with Crippen LogP contribution < -0.4 is 0 Å². The van der Waals surface area contributed by atoms with Gasteiger partial charge < -0.3 is 9.47 Å². The van der Waals surface area contributed by atoms with E-state index in [4.69, 9.17) is 0 Å². The lowest BCUT2D eigenvalue weighted by atomic mass is 9.84. The number of hydrogen-bond acceptors (Lipinski definition) is 2. The van der Waals surface area contributed by atoms with Gasteiger partial charge in [-0.15, -0.1) is 0 Å². The van der Waals surface area contributed by atoms with E-state index in [2.05, 4.69) is 9.47 Å². The Hall–Kier alpha value is -0.920. The molecule has 0 aromatic carbocycles. The number of alkyl halides is 12. The molecule has 1 fully saturated rings. The van der Waals surface area contributed by atoms with Crippen molar-refractivity contribution in [3.8, 4) is 0 Å². The normalized spacial score (nSPS) is 22.3. The minimum absolute atomic E-state index is 0.202. The second-order valence-corrected chi connectivity index (χ2v) is 5.71. The summed E-state index contributed by atoms with van der Waals surface area (Å²) in [5.74, 6) is -27.5. The molecular formula is C12H12F12O2. The summed E-state index contributed by atoms with van der Waals surface area (Å²) in [6, 6.07) is 0. The van der Waals surface area contributed by atoms with Crippen molar-refractivity contribution in [2.24, 2.45) is 0 Å². The van der Waals surface area contributed by atoms with Gasteiger partial charge in [-0.05, 0) is 6.92 Å². The highest BCUT2D eigenvalue weighted by Gasteiger charge is 2.88. The molecule has 0 aliphatic carbocycles. The second kappa shape index (κ2) is 6.60. The number of halogens is 12. The van der Waals surface area contributed by atoms with Crippen molar-refractivity contribution in [3.63, 3.8) is 0 Å². The summed E-state index contributed by atoms with van der Waals surface area (Å²) >= 11 is 0. The van der Waals surface area contributed by atoms with Crippen LogP contribution in [0.5, 0.6) is 0 Å². The van der Waals surface area contributed by atoms with Crippen molar-refractivity contribution < 1.29 is 62.2 Å². The predicted molar refractivity (Wildman–Crippen MR) is 60.5 cm³/mol. The lowest BCUT2D eigenvalue weighted by molar-refractivity contribution is -0.422. The Kier molecular flexibility index (Phi) is 5.87. The Morgan fingerprint density at radius 1 is 0.808 bits per heavy atom. The van der Waals surface area contributed by atoms with Crippen LogP contribution in [0.15, 0.2) is 0 Å². The molecule has 0 spiro atoms. The van der Waals surface area contributed by atoms with Crippen LogP contribution >= 0.6 is 0 Å². The van der Waals surface area contributed by atoms with Gasteiger partial charge in [0.2, 0.25) is 5.67 Å². The van der Waals surface area contributed by atoms with Gasteiger partial charge in [0.1, 0.15) is 6.10 Å². The number of hydrogen-bond donors (Lipinski definition) is 0. The van der Waals surface area contributed by atoms with Crippen molar-refractivity contribution in [1.82, 2.24) is 0 Å². The fourth-order valence-corrected chi connectivity index (χ4v) is 1.71. The molecule has 0 saturated carbocycles. The van der Waals surface area contributed by atoms with E-state index in [1.165, 1.54) is 0 Å². The molecule has 0 radical (unpaired) electrons.